The number of hydrogen-bond acceptors (Lipinski definition) is 8. The molecule has 1 aliphatic carbocycles. The van der Waals surface area contributed by atoms with Gasteiger partial charge in [0.2, 0.25) is 23.6 Å². The summed E-state index contributed by atoms with van der Waals surface area (Å²) >= 11 is 14.1. The Hall–Kier alpha value is -4.03. The van der Waals surface area contributed by atoms with E-state index in [4.69, 9.17) is 42.6 Å². The van der Waals surface area contributed by atoms with Gasteiger partial charge >= 0.3 is 0 Å². The highest BCUT2D eigenvalue weighted by Gasteiger charge is 2.47. The number of rotatable bonds is 13. The molecule has 2 amide bonds. The molecule has 1 aromatic carbocycles. The quantitative estimate of drug-likeness (QED) is 0.190. The highest BCUT2D eigenvalue weighted by Crippen LogP contribution is 2.48. The largest absolute Gasteiger partial charge is 0.481 e. The molecule has 2 fully saturated rings. The smallest absolute Gasteiger partial charge is 0.220 e. The summed E-state index contributed by atoms with van der Waals surface area (Å²) in [6.45, 7) is 1.69. The number of alkyl halides is 1. The van der Waals surface area contributed by atoms with Crippen LogP contribution in [-0.4, -0.2) is 66.6 Å². The number of allylic oxidation sites excluding steroid dienone is 4. The molecular formula is C36H39Cl2FN6O4. The molecule has 4 heterocycles. The normalized spacial score (nSPS) is 23.3. The van der Waals surface area contributed by atoms with Gasteiger partial charge in [0.25, 0.3) is 0 Å². The fourth-order valence-electron chi connectivity index (χ4n) is 6.68. The predicted octanol–water partition coefficient (Wildman–Crippen LogP) is 4.57. The van der Waals surface area contributed by atoms with Crippen molar-refractivity contribution in [1.82, 2.24) is 31.2 Å². The first kappa shape index (κ1) is 34.8. The van der Waals surface area contributed by atoms with Crippen LogP contribution in [0.1, 0.15) is 53.8 Å². The second kappa shape index (κ2) is 15.2. The van der Waals surface area contributed by atoms with Crippen LogP contribution in [0.15, 0.2) is 60.7 Å². The van der Waals surface area contributed by atoms with Gasteiger partial charge in [-0.1, -0.05) is 54.1 Å². The van der Waals surface area contributed by atoms with Gasteiger partial charge in [0.1, 0.15) is 5.82 Å². The van der Waals surface area contributed by atoms with Crippen LogP contribution in [0.5, 0.6) is 11.8 Å². The highest BCUT2D eigenvalue weighted by atomic mass is 35.5. The molecule has 2 aliphatic heterocycles. The van der Waals surface area contributed by atoms with Crippen molar-refractivity contribution in [3.05, 3.63) is 99.6 Å². The maximum Gasteiger partial charge on any atom is 0.220 e. The third-order valence-corrected chi connectivity index (χ3v) is 10.2. The number of aromatic nitrogens is 2. The molecule has 2 unspecified atom stereocenters. The molecule has 3 aromatic rings. The number of pyridine rings is 2. The molecule has 3 aliphatic rings. The Morgan fingerprint density at radius 1 is 0.918 bits per heavy atom. The number of amides is 2. The molecule has 0 spiro atoms. The van der Waals surface area contributed by atoms with Crippen LogP contribution in [0, 0.1) is 5.82 Å². The fourth-order valence-corrected chi connectivity index (χ4v) is 7.42. The molecule has 2 aromatic heterocycles. The van der Waals surface area contributed by atoms with Crippen LogP contribution >= 0.6 is 23.2 Å². The van der Waals surface area contributed by atoms with Crippen LogP contribution < -0.4 is 30.7 Å². The van der Waals surface area contributed by atoms with E-state index in [9.17, 15) is 9.59 Å². The monoisotopic (exact) mass is 708 g/mol. The van der Waals surface area contributed by atoms with E-state index in [1.54, 1.807) is 13.2 Å². The number of nitrogens with one attached hydrogen (secondary N) is 4. The zero-order chi connectivity index (χ0) is 34.5. The summed E-state index contributed by atoms with van der Waals surface area (Å²) in [5.74, 6) is 0.0319. The van der Waals surface area contributed by atoms with E-state index in [0.29, 0.717) is 60.3 Å². The van der Waals surface area contributed by atoms with Crippen molar-refractivity contribution in [1.29, 1.82) is 0 Å². The summed E-state index contributed by atoms with van der Waals surface area (Å²) in [5.41, 5.74) is 2.01. The zero-order valence-corrected chi connectivity index (χ0v) is 28.8. The Morgan fingerprint density at radius 3 is 2.20 bits per heavy atom. The predicted molar refractivity (Wildman–Crippen MR) is 186 cm³/mol. The standard InChI is InChI=1S/C36H39Cl2FN6O4/c1-48-34-21(17-40-18-22-10-13-31(46)42-22)9-12-29(44-34)36(15-5-7-25(33(36)38)24-6-3-4-8-27(24)37)30-16-28(39)26(35(45-30)49-2)20-41-19-23-11-14-32(47)43-23/h3-9,12,15-16,22-23,33,40-41H,10-11,13-14,17-20H2,1-2H3,(H,42,46)(H,43,47)/t22-,23+,33?,36?/m0/s1. The summed E-state index contributed by atoms with van der Waals surface area (Å²) < 4.78 is 27.6. The molecule has 4 N–H and O–H groups in total. The Morgan fingerprint density at radius 2 is 1.57 bits per heavy atom. The minimum Gasteiger partial charge on any atom is -0.481 e. The lowest BCUT2D eigenvalue weighted by atomic mass is 9.70. The number of hydrogen-bond donors (Lipinski definition) is 4. The number of nitrogens with zero attached hydrogens (tertiary/aromatic N) is 2. The van der Waals surface area contributed by atoms with E-state index >= 15 is 4.39 Å². The van der Waals surface area contributed by atoms with E-state index in [2.05, 4.69) is 21.3 Å². The third kappa shape index (κ3) is 7.30. The molecular weight excluding hydrogens is 670 g/mol. The van der Waals surface area contributed by atoms with E-state index in [1.165, 1.54) is 13.2 Å². The summed E-state index contributed by atoms with van der Waals surface area (Å²) in [4.78, 5) is 33.1. The summed E-state index contributed by atoms with van der Waals surface area (Å²) in [6.07, 6.45) is 8.14. The van der Waals surface area contributed by atoms with Gasteiger partial charge in [-0.2, -0.15) is 0 Å². The minimum absolute atomic E-state index is 0.0146. The molecule has 0 bridgehead atoms. The van der Waals surface area contributed by atoms with E-state index in [-0.39, 0.29) is 41.9 Å². The fraction of sp³-hybridized carbons (Fsp3) is 0.389. The number of carbonyl (C=O) groups excluding carboxylic acids is 2. The zero-order valence-electron chi connectivity index (χ0n) is 27.3. The van der Waals surface area contributed by atoms with Gasteiger partial charge in [0, 0.05) is 61.7 Å². The molecule has 10 nitrogen and oxygen atoms in total. The maximum atomic E-state index is 16.2. The van der Waals surface area contributed by atoms with Crippen LogP contribution in [0.3, 0.4) is 0 Å². The molecule has 258 valence electrons. The Labute approximate surface area is 294 Å². The van der Waals surface area contributed by atoms with Gasteiger partial charge in [-0.15, -0.1) is 11.6 Å². The van der Waals surface area contributed by atoms with Gasteiger partial charge in [0.15, 0.2) is 0 Å². The number of benzene rings is 1. The third-order valence-electron chi connectivity index (χ3n) is 9.27. The SMILES string of the molecule is COc1nc(C2(c3cc(F)c(CNC[C@H]4CCC(=O)N4)c(OC)n3)C=CC=C(c3ccccc3Cl)C2Cl)ccc1CNC[C@@H]1CCC(=O)N1. The van der Waals surface area contributed by atoms with Crippen LogP contribution in [0.25, 0.3) is 5.57 Å². The van der Waals surface area contributed by atoms with Crippen LogP contribution in [0.2, 0.25) is 5.02 Å². The van der Waals surface area contributed by atoms with Crippen molar-refractivity contribution in [2.75, 3.05) is 27.3 Å². The van der Waals surface area contributed by atoms with Gasteiger partial charge in [-0.05, 0) is 42.2 Å². The minimum atomic E-state index is -1.27. The van der Waals surface area contributed by atoms with Crippen molar-refractivity contribution in [3.63, 3.8) is 0 Å². The molecule has 13 heteroatoms. The first-order valence-electron chi connectivity index (χ1n) is 16.3. The van der Waals surface area contributed by atoms with Crippen LogP contribution in [-0.2, 0) is 28.1 Å². The number of ether oxygens (including phenoxy) is 2. The highest BCUT2D eigenvalue weighted by molar-refractivity contribution is 6.34. The van der Waals surface area contributed by atoms with E-state index < -0.39 is 16.6 Å². The molecule has 0 saturated carbocycles. The van der Waals surface area contributed by atoms with Gasteiger partial charge in [0.05, 0.1) is 42.0 Å². The molecule has 2 saturated heterocycles. The molecule has 4 atom stereocenters. The van der Waals surface area contributed by atoms with E-state index in [1.807, 2.05) is 48.6 Å². The topological polar surface area (TPSA) is 126 Å². The second-order valence-corrected chi connectivity index (χ2v) is 13.2. The average Bonchev–Trinajstić information content (AvgIpc) is 3.72. The molecule has 49 heavy (non-hydrogen) atoms. The number of halogens is 3. The molecule has 0 radical (unpaired) electrons. The Balaban J connectivity index is 1.36. The average molecular weight is 710 g/mol. The van der Waals surface area contributed by atoms with Crippen molar-refractivity contribution in [2.24, 2.45) is 0 Å². The van der Waals surface area contributed by atoms with Gasteiger partial charge in [-0.3, -0.25) is 9.59 Å². The Bertz CT molecular complexity index is 1790. The first-order valence-corrected chi connectivity index (χ1v) is 17.1. The summed E-state index contributed by atoms with van der Waals surface area (Å²) in [5, 5.41) is 12.2. The Kier molecular flexibility index (Phi) is 10.8. The molecule has 6 rings (SSSR count). The van der Waals surface area contributed by atoms with Crippen molar-refractivity contribution in [2.45, 2.75) is 61.6 Å². The summed E-state index contributed by atoms with van der Waals surface area (Å²) in [7, 11) is 2.99. The summed E-state index contributed by atoms with van der Waals surface area (Å²) in [6, 6.07) is 12.6. The number of methoxy groups -OCH3 is 2. The van der Waals surface area contributed by atoms with Crippen LogP contribution in [0.4, 0.5) is 4.39 Å². The lowest BCUT2D eigenvalue weighted by molar-refractivity contribution is -0.120. The second-order valence-electron chi connectivity index (χ2n) is 12.4. The first-order chi connectivity index (χ1) is 23.7. The lowest BCUT2D eigenvalue weighted by Crippen LogP contribution is -2.40. The van der Waals surface area contributed by atoms with Gasteiger partial charge < -0.3 is 30.7 Å². The maximum absolute atomic E-state index is 16.2. The lowest BCUT2D eigenvalue weighted by Gasteiger charge is -2.38. The van der Waals surface area contributed by atoms with Crippen molar-refractivity contribution in [3.8, 4) is 11.8 Å². The van der Waals surface area contributed by atoms with Crippen molar-refractivity contribution >= 4 is 40.6 Å². The van der Waals surface area contributed by atoms with Crippen molar-refractivity contribution < 1.29 is 23.5 Å². The van der Waals surface area contributed by atoms with Gasteiger partial charge in [-0.25, -0.2) is 14.4 Å². The number of carbonyl (C=O) groups is 2. The van der Waals surface area contributed by atoms with E-state index in [0.717, 1.165) is 24.0 Å².